The Morgan fingerprint density at radius 2 is 2.33 bits per heavy atom. The van der Waals surface area contributed by atoms with Crippen molar-refractivity contribution in [2.24, 2.45) is 11.3 Å². The number of hydrogen-bond acceptors (Lipinski definition) is 3. The van der Waals surface area contributed by atoms with Gasteiger partial charge in [-0.15, -0.1) is 0 Å². The van der Waals surface area contributed by atoms with Gasteiger partial charge in [-0.1, -0.05) is 0 Å². The van der Waals surface area contributed by atoms with E-state index in [1.807, 2.05) is 0 Å². The van der Waals surface area contributed by atoms with Gasteiger partial charge in [0.15, 0.2) is 0 Å². The van der Waals surface area contributed by atoms with Gasteiger partial charge < -0.3 is 14.7 Å². The molecule has 1 unspecified atom stereocenters. The number of hydrogen-bond donors (Lipinski definition) is 1. The molecular weight excluding hydrogens is 194 g/mol. The highest BCUT2D eigenvalue weighted by Crippen LogP contribution is 2.37. The van der Waals surface area contributed by atoms with Crippen molar-refractivity contribution in [3.63, 3.8) is 0 Å². The summed E-state index contributed by atoms with van der Waals surface area (Å²) in [6, 6.07) is 0. The average Bonchev–Trinajstić information content (AvgIpc) is 2.11. The van der Waals surface area contributed by atoms with Crippen molar-refractivity contribution in [2.75, 3.05) is 33.4 Å². The maximum absolute atomic E-state index is 11.2. The van der Waals surface area contributed by atoms with Crippen LogP contribution in [0.1, 0.15) is 19.3 Å². The molecule has 0 amide bonds. The molecule has 2 aliphatic rings. The Morgan fingerprint density at radius 1 is 1.60 bits per heavy atom. The summed E-state index contributed by atoms with van der Waals surface area (Å²) in [7, 11) is 2.11. The van der Waals surface area contributed by atoms with Crippen molar-refractivity contribution < 1.29 is 14.6 Å². The standard InChI is InChI=1S/C11H19NO3/c1-12-4-2-3-9(6-12)5-11(10(13)14)7-15-8-11/h9H,2-8H2,1H3,(H,13,14). The number of carboxylic acids is 1. The number of carboxylic acid groups (broad SMARTS) is 1. The Bertz CT molecular complexity index is 250. The topological polar surface area (TPSA) is 49.8 Å². The number of piperidine rings is 1. The van der Waals surface area contributed by atoms with Crippen LogP contribution in [0.15, 0.2) is 0 Å². The van der Waals surface area contributed by atoms with E-state index in [1.165, 1.54) is 12.8 Å². The van der Waals surface area contributed by atoms with Gasteiger partial charge in [-0.2, -0.15) is 0 Å². The molecule has 2 rings (SSSR count). The Balaban J connectivity index is 1.92. The normalized spacial score (nSPS) is 30.9. The summed E-state index contributed by atoms with van der Waals surface area (Å²) in [4.78, 5) is 13.5. The molecule has 2 aliphatic heterocycles. The number of rotatable bonds is 3. The van der Waals surface area contributed by atoms with Gasteiger partial charge in [0, 0.05) is 6.54 Å². The monoisotopic (exact) mass is 213 g/mol. The molecule has 15 heavy (non-hydrogen) atoms. The maximum Gasteiger partial charge on any atom is 0.314 e. The fourth-order valence-corrected chi connectivity index (χ4v) is 2.67. The minimum atomic E-state index is -0.679. The molecule has 0 aromatic heterocycles. The second-order valence-electron chi connectivity index (χ2n) is 5.05. The zero-order chi connectivity index (χ0) is 10.9. The van der Waals surface area contributed by atoms with Gasteiger partial charge in [0.1, 0.15) is 5.41 Å². The van der Waals surface area contributed by atoms with E-state index >= 15 is 0 Å². The number of aliphatic carboxylic acids is 1. The van der Waals surface area contributed by atoms with Gasteiger partial charge in [-0.25, -0.2) is 0 Å². The van der Waals surface area contributed by atoms with Crippen LogP contribution in [-0.2, 0) is 9.53 Å². The molecule has 0 spiro atoms. The van der Waals surface area contributed by atoms with Crippen molar-refractivity contribution in [1.29, 1.82) is 0 Å². The van der Waals surface area contributed by atoms with Crippen LogP contribution in [0.4, 0.5) is 0 Å². The minimum Gasteiger partial charge on any atom is -0.481 e. The van der Waals surface area contributed by atoms with Crippen LogP contribution in [0.2, 0.25) is 0 Å². The lowest BCUT2D eigenvalue weighted by molar-refractivity contribution is -0.184. The Hall–Kier alpha value is -0.610. The first-order chi connectivity index (χ1) is 7.12. The first kappa shape index (κ1) is 10.9. The van der Waals surface area contributed by atoms with Crippen LogP contribution < -0.4 is 0 Å². The summed E-state index contributed by atoms with van der Waals surface area (Å²) in [6.45, 7) is 2.99. The fraction of sp³-hybridized carbons (Fsp3) is 0.909. The van der Waals surface area contributed by atoms with Crippen LogP contribution in [0.5, 0.6) is 0 Å². The third kappa shape index (κ3) is 2.16. The predicted molar refractivity (Wildman–Crippen MR) is 55.7 cm³/mol. The largest absolute Gasteiger partial charge is 0.481 e. The lowest BCUT2D eigenvalue weighted by Gasteiger charge is -2.41. The smallest absolute Gasteiger partial charge is 0.314 e. The Kier molecular flexibility index (Phi) is 2.98. The molecule has 0 saturated carbocycles. The summed E-state index contributed by atoms with van der Waals surface area (Å²) in [6.07, 6.45) is 3.14. The molecular formula is C11H19NO3. The molecule has 2 saturated heterocycles. The first-order valence-corrected chi connectivity index (χ1v) is 5.62. The fourth-order valence-electron chi connectivity index (χ4n) is 2.67. The lowest BCUT2D eigenvalue weighted by atomic mass is 9.75. The van der Waals surface area contributed by atoms with Gasteiger partial charge in [0.05, 0.1) is 13.2 Å². The van der Waals surface area contributed by atoms with Crippen LogP contribution in [0, 0.1) is 11.3 Å². The average molecular weight is 213 g/mol. The number of ether oxygens (including phenoxy) is 1. The first-order valence-electron chi connectivity index (χ1n) is 5.62. The van der Waals surface area contributed by atoms with Crippen LogP contribution >= 0.6 is 0 Å². The van der Waals surface area contributed by atoms with Crippen molar-refractivity contribution in [3.8, 4) is 0 Å². The highest BCUT2D eigenvalue weighted by molar-refractivity contribution is 5.75. The third-order valence-electron chi connectivity index (χ3n) is 3.61. The van der Waals surface area contributed by atoms with Gasteiger partial charge in [0.2, 0.25) is 0 Å². The number of likely N-dealkylation sites (tertiary alicyclic amines) is 1. The molecule has 86 valence electrons. The van der Waals surface area contributed by atoms with Crippen LogP contribution in [-0.4, -0.2) is 49.3 Å². The zero-order valence-corrected chi connectivity index (χ0v) is 9.24. The van der Waals surface area contributed by atoms with E-state index in [-0.39, 0.29) is 0 Å². The summed E-state index contributed by atoms with van der Waals surface area (Å²) in [5.74, 6) is -0.147. The molecule has 2 fully saturated rings. The summed E-state index contributed by atoms with van der Waals surface area (Å²) < 4.78 is 5.07. The van der Waals surface area contributed by atoms with Crippen LogP contribution in [0.3, 0.4) is 0 Å². The maximum atomic E-state index is 11.2. The molecule has 2 heterocycles. The molecule has 4 nitrogen and oxygen atoms in total. The minimum absolute atomic E-state index is 0.405. The summed E-state index contributed by atoms with van der Waals surface area (Å²) in [5, 5.41) is 9.19. The van der Waals surface area contributed by atoms with E-state index in [2.05, 4.69) is 11.9 Å². The molecule has 4 heteroatoms. The molecule has 1 atom stereocenters. The summed E-state index contributed by atoms with van der Waals surface area (Å²) >= 11 is 0. The third-order valence-corrected chi connectivity index (χ3v) is 3.61. The second-order valence-corrected chi connectivity index (χ2v) is 5.05. The van der Waals surface area contributed by atoms with Crippen molar-refractivity contribution in [1.82, 2.24) is 4.90 Å². The van der Waals surface area contributed by atoms with Gasteiger partial charge in [-0.3, -0.25) is 4.79 Å². The molecule has 0 aromatic carbocycles. The molecule has 0 aliphatic carbocycles. The molecule has 0 radical (unpaired) electrons. The van der Waals surface area contributed by atoms with Crippen molar-refractivity contribution in [3.05, 3.63) is 0 Å². The van der Waals surface area contributed by atoms with E-state index in [0.717, 1.165) is 19.5 Å². The van der Waals surface area contributed by atoms with Gasteiger partial charge >= 0.3 is 5.97 Å². The van der Waals surface area contributed by atoms with E-state index in [0.29, 0.717) is 19.1 Å². The summed E-state index contributed by atoms with van der Waals surface area (Å²) in [5.41, 5.74) is -0.567. The van der Waals surface area contributed by atoms with E-state index in [4.69, 9.17) is 4.74 Å². The van der Waals surface area contributed by atoms with Gasteiger partial charge in [0.25, 0.3) is 0 Å². The SMILES string of the molecule is CN1CCCC(CC2(C(=O)O)COC2)C1. The highest BCUT2D eigenvalue weighted by atomic mass is 16.5. The quantitative estimate of drug-likeness (QED) is 0.754. The van der Waals surface area contributed by atoms with Crippen molar-refractivity contribution >= 4 is 5.97 Å². The molecule has 0 aromatic rings. The van der Waals surface area contributed by atoms with Crippen LogP contribution in [0.25, 0.3) is 0 Å². The number of carbonyl (C=O) groups is 1. The predicted octanol–water partition coefficient (Wildman–Crippen LogP) is 0.820. The molecule has 1 N–H and O–H groups in total. The lowest BCUT2D eigenvalue weighted by Crippen LogP contribution is -2.51. The number of nitrogens with zero attached hydrogens (tertiary/aromatic N) is 1. The zero-order valence-electron chi connectivity index (χ0n) is 9.24. The van der Waals surface area contributed by atoms with E-state index < -0.39 is 11.4 Å². The van der Waals surface area contributed by atoms with Crippen molar-refractivity contribution in [2.45, 2.75) is 19.3 Å². The highest BCUT2D eigenvalue weighted by Gasteiger charge is 2.47. The Morgan fingerprint density at radius 3 is 2.80 bits per heavy atom. The second kappa shape index (κ2) is 4.10. The molecule has 0 bridgehead atoms. The van der Waals surface area contributed by atoms with E-state index in [9.17, 15) is 9.90 Å². The Labute approximate surface area is 90.2 Å². The van der Waals surface area contributed by atoms with Gasteiger partial charge in [-0.05, 0) is 38.8 Å². The van der Waals surface area contributed by atoms with E-state index in [1.54, 1.807) is 0 Å².